The van der Waals surface area contributed by atoms with Crippen LogP contribution in [0.5, 0.6) is 0 Å². The lowest BCUT2D eigenvalue weighted by atomic mass is 9.90. The Morgan fingerprint density at radius 3 is 2.40 bits per heavy atom. The summed E-state index contributed by atoms with van der Waals surface area (Å²) >= 11 is 0. The number of hydrogen-bond acceptors (Lipinski definition) is 4. The third-order valence-corrected chi connectivity index (χ3v) is 1.97. The standard InChI is InChI=1S/C8H9F3O4/c1-7(2)3-14-5(12)4(7)15-6(13)8(9,10)11/h4H,3H2,1-2H3. The molecule has 0 aromatic carbocycles. The van der Waals surface area contributed by atoms with E-state index in [4.69, 9.17) is 0 Å². The minimum atomic E-state index is -5.10. The molecule has 1 saturated heterocycles. The number of carbonyl (C=O) groups excluding carboxylic acids is 2. The molecule has 86 valence electrons. The summed E-state index contributed by atoms with van der Waals surface area (Å²) in [5, 5.41) is 0. The van der Waals surface area contributed by atoms with Crippen molar-refractivity contribution < 1.29 is 32.2 Å². The van der Waals surface area contributed by atoms with Crippen LogP contribution in [0.3, 0.4) is 0 Å². The predicted octanol–water partition coefficient (Wildman–Crippen LogP) is 1.04. The summed E-state index contributed by atoms with van der Waals surface area (Å²) in [6, 6.07) is 0. The predicted molar refractivity (Wildman–Crippen MR) is 40.7 cm³/mol. The van der Waals surface area contributed by atoms with Gasteiger partial charge in [-0.25, -0.2) is 9.59 Å². The second-order valence-corrected chi connectivity index (χ2v) is 3.88. The SMILES string of the molecule is CC1(C)COC(=O)C1OC(=O)C(F)(F)F. The highest BCUT2D eigenvalue weighted by atomic mass is 19.4. The minimum Gasteiger partial charge on any atom is -0.462 e. The van der Waals surface area contributed by atoms with Crippen molar-refractivity contribution in [3.63, 3.8) is 0 Å². The van der Waals surface area contributed by atoms with E-state index in [0.29, 0.717) is 0 Å². The van der Waals surface area contributed by atoms with E-state index in [-0.39, 0.29) is 6.61 Å². The lowest BCUT2D eigenvalue weighted by Crippen LogP contribution is -2.39. The van der Waals surface area contributed by atoms with Crippen molar-refractivity contribution in [3.8, 4) is 0 Å². The van der Waals surface area contributed by atoms with Crippen molar-refractivity contribution in [1.82, 2.24) is 0 Å². The molecule has 0 N–H and O–H groups in total. The number of hydrogen-bond donors (Lipinski definition) is 0. The van der Waals surface area contributed by atoms with Crippen molar-refractivity contribution in [2.24, 2.45) is 5.41 Å². The van der Waals surface area contributed by atoms with Crippen LogP contribution in [0, 0.1) is 5.41 Å². The molecule has 0 amide bonds. The highest BCUT2D eigenvalue weighted by Gasteiger charge is 2.51. The quantitative estimate of drug-likeness (QED) is 0.627. The van der Waals surface area contributed by atoms with E-state index in [2.05, 4.69) is 9.47 Å². The highest BCUT2D eigenvalue weighted by Crippen LogP contribution is 2.32. The van der Waals surface area contributed by atoms with Gasteiger partial charge in [-0.3, -0.25) is 0 Å². The third kappa shape index (κ3) is 2.40. The van der Waals surface area contributed by atoms with Gasteiger partial charge in [-0.05, 0) is 0 Å². The maximum Gasteiger partial charge on any atom is 0.490 e. The Labute approximate surface area is 83.3 Å². The fraction of sp³-hybridized carbons (Fsp3) is 0.750. The van der Waals surface area contributed by atoms with Crippen LogP contribution in [0.4, 0.5) is 13.2 Å². The first-order valence-electron chi connectivity index (χ1n) is 4.09. The van der Waals surface area contributed by atoms with Gasteiger partial charge in [-0.2, -0.15) is 13.2 Å². The lowest BCUT2D eigenvalue weighted by molar-refractivity contribution is -0.208. The number of ether oxygens (including phenoxy) is 2. The molecule has 0 aromatic rings. The van der Waals surface area contributed by atoms with Gasteiger partial charge in [0.1, 0.15) is 6.61 Å². The molecule has 4 nitrogen and oxygen atoms in total. The number of halogens is 3. The van der Waals surface area contributed by atoms with E-state index in [1.165, 1.54) is 13.8 Å². The zero-order valence-electron chi connectivity index (χ0n) is 8.05. The van der Waals surface area contributed by atoms with Crippen LogP contribution in [0.2, 0.25) is 0 Å². The van der Waals surface area contributed by atoms with Crippen LogP contribution < -0.4 is 0 Å². The summed E-state index contributed by atoms with van der Waals surface area (Å²) in [5.41, 5.74) is -0.933. The summed E-state index contributed by atoms with van der Waals surface area (Å²) in [5.74, 6) is -3.32. The summed E-state index contributed by atoms with van der Waals surface area (Å²) in [6.07, 6.45) is -6.59. The molecule has 7 heteroatoms. The Bertz CT molecular complexity index is 295. The number of rotatable bonds is 1. The smallest absolute Gasteiger partial charge is 0.462 e. The molecule has 15 heavy (non-hydrogen) atoms. The third-order valence-electron chi connectivity index (χ3n) is 1.97. The number of carbonyl (C=O) groups is 2. The van der Waals surface area contributed by atoms with Crippen molar-refractivity contribution >= 4 is 11.9 Å². The van der Waals surface area contributed by atoms with Gasteiger partial charge in [0.25, 0.3) is 0 Å². The van der Waals surface area contributed by atoms with Crippen LogP contribution in [-0.2, 0) is 19.1 Å². The van der Waals surface area contributed by atoms with Gasteiger partial charge in [0.2, 0.25) is 6.10 Å². The fourth-order valence-corrected chi connectivity index (χ4v) is 1.11. The Balaban J connectivity index is 2.74. The summed E-state index contributed by atoms with van der Waals surface area (Å²) in [4.78, 5) is 21.5. The van der Waals surface area contributed by atoms with Crippen molar-refractivity contribution in [3.05, 3.63) is 0 Å². The molecular weight excluding hydrogens is 217 g/mol. The molecule has 1 aliphatic heterocycles. The molecule has 0 spiro atoms. The van der Waals surface area contributed by atoms with Crippen LogP contribution in [0.15, 0.2) is 0 Å². The molecule has 1 fully saturated rings. The Morgan fingerprint density at radius 2 is 2.07 bits per heavy atom. The molecule has 1 atom stereocenters. The first-order chi connectivity index (χ1) is 6.64. The van der Waals surface area contributed by atoms with Gasteiger partial charge < -0.3 is 9.47 Å². The van der Waals surface area contributed by atoms with Crippen LogP contribution >= 0.6 is 0 Å². The van der Waals surface area contributed by atoms with Gasteiger partial charge in [0, 0.05) is 5.41 Å². The topological polar surface area (TPSA) is 52.6 Å². The number of cyclic esters (lactones) is 1. The normalized spacial score (nSPS) is 24.9. The second kappa shape index (κ2) is 3.39. The van der Waals surface area contributed by atoms with Crippen molar-refractivity contribution in [2.75, 3.05) is 6.61 Å². The van der Waals surface area contributed by atoms with Gasteiger partial charge in [0.15, 0.2) is 0 Å². The molecule has 0 bridgehead atoms. The summed E-state index contributed by atoms with van der Waals surface area (Å²) in [7, 11) is 0. The maximum atomic E-state index is 11.9. The first-order valence-corrected chi connectivity index (χ1v) is 4.09. The molecular formula is C8H9F3O4. The largest absolute Gasteiger partial charge is 0.490 e. The summed E-state index contributed by atoms with van der Waals surface area (Å²) < 4.78 is 44.1. The maximum absolute atomic E-state index is 11.9. The molecule has 0 aliphatic carbocycles. The summed E-state index contributed by atoms with van der Waals surface area (Å²) in [6.45, 7) is 2.89. The van der Waals surface area contributed by atoms with Gasteiger partial charge in [-0.15, -0.1) is 0 Å². The van der Waals surface area contributed by atoms with Crippen molar-refractivity contribution in [2.45, 2.75) is 26.1 Å². The first kappa shape index (κ1) is 11.8. The highest BCUT2D eigenvalue weighted by molar-refractivity contribution is 5.83. The van der Waals surface area contributed by atoms with E-state index < -0.39 is 29.6 Å². The second-order valence-electron chi connectivity index (χ2n) is 3.88. The van der Waals surface area contributed by atoms with Gasteiger partial charge in [-0.1, -0.05) is 13.8 Å². The zero-order valence-corrected chi connectivity index (χ0v) is 8.05. The molecule has 1 rings (SSSR count). The molecule has 1 unspecified atom stereocenters. The van der Waals surface area contributed by atoms with Gasteiger partial charge in [0.05, 0.1) is 0 Å². The number of alkyl halides is 3. The average molecular weight is 226 g/mol. The van der Waals surface area contributed by atoms with E-state index in [0.717, 1.165) is 0 Å². The monoisotopic (exact) mass is 226 g/mol. The van der Waals surface area contributed by atoms with E-state index in [1.54, 1.807) is 0 Å². The Hall–Kier alpha value is -1.27. The molecule has 0 aromatic heterocycles. The van der Waals surface area contributed by atoms with E-state index >= 15 is 0 Å². The Kier molecular flexibility index (Phi) is 2.67. The average Bonchev–Trinajstić information content (AvgIpc) is 2.29. The molecule has 1 aliphatic rings. The Morgan fingerprint density at radius 1 is 1.53 bits per heavy atom. The number of esters is 2. The van der Waals surface area contributed by atoms with Crippen LogP contribution in [0.25, 0.3) is 0 Å². The van der Waals surface area contributed by atoms with E-state index in [1.807, 2.05) is 0 Å². The fourth-order valence-electron chi connectivity index (χ4n) is 1.11. The van der Waals surface area contributed by atoms with Crippen LogP contribution in [-0.4, -0.2) is 30.8 Å². The minimum absolute atomic E-state index is 0.0678. The molecule has 1 heterocycles. The van der Waals surface area contributed by atoms with Crippen LogP contribution in [0.1, 0.15) is 13.8 Å². The molecule has 0 radical (unpaired) electrons. The zero-order chi connectivity index (χ0) is 11.9. The van der Waals surface area contributed by atoms with Gasteiger partial charge >= 0.3 is 18.1 Å². The van der Waals surface area contributed by atoms with E-state index in [9.17, 15) is 22.8 Å². The lowest BCUT2D eigenvalue weighted by Gasteiger charge is -2.21. The van der Waals surface area contributed by atoms with Crippen molar-refractivity contribution in [1.29, 1.82) is 0 Å². The molecule has 0 saturated carbocycles.